The number of hydrogen-bond donors (Lipinski definition) is 0. The van der Waals surface area contributed by atoms with Gasteiger partial charge in [-0.2, -0.15) is 0 Å². The first-order chi connectivity index (χ1) is 34.7. The SMILES string of the molecule is C=C1/C=C\C=C/CC2=C(C=C1N(c1ccccc1)c1cccc3c1oc1c(C(C)(C)C)cccc13)C(C)(C)c1cc3cc(N(c4ccccc4)c4cccc5c4oc4c(C(C)(C)C)cccc45)ccc3cc12. The van der Waals surface area contributed by atoms with Crippen molar-refractivity contribution in [2.24, 2.45) is 0 Å². The molecule has 0 N–H and O–H groups in total. The van der Waals surface area contributed by atoms with E-state index in [1.807, 2.05) is 0 Å². The average molecular weight is 937 g/mol. The summed E-state index contributed by atoms with van der Waals surface area (Å²) in [4.78, 5) is 4.71. The largest absolute Gasteiger partial charge is 0.454 e. The van der Waals surface area contributed by atoms with Crippen LogP contribution in [-0.2, 0) is 16.2 Å². The number of benzene rings is 8. The van der Waals surface area contributed by atoms with Gasteiger partial charge < -0.3 is 18.6 Å². The van der Waals surface area contributed by atoms with E-state index in [0.29, 0.717) is 0 Å². The molecule has 0 fully saturated rings. The Hall–Kier alpha value is -8.08. The monoisotopic (exact) mass is 936 g/mol. The number of anilines is 5. The van der Waals surface area contributed by atoms with Crippen molar-refractivity contribution in [3.63, 3.8) is 0 Å². The molecule has 0 bridgehead atoms. The molecule has 0 radical (unpaired) electrons. The molecule has 8 aromatic carbocycles. The number of furan rings is 2. The van der Waals surface area contributed by atoms with Crippen LogP contribution in [0.5, 0.6) is 0 Å². The van der Waals surface area contributed by atoms with Crippen molar-refractivity contribution in [1.29, 1.82) is 0 Å². The Morgan fingerprint density at radius 3 is 1.60 bits per heavy atom. The first-order valence-electron chi connectivity index (χ1n) is 25.3. The third-order valence-electron chi connectivity index (χ3n) is 15.1. The van der Waals surface area contributed by atoms with Crippen molar-refractivity contribution in [1.82, 2.24) is 0 Å². The van der Waals surface area contributed by atoms with E-state index in [-0.39, 0.29) is 16.2 Å². The fraction of sp³-hybridized carbons (Fsp3) is 0.176. The van der Waals surface area contributed by atoms with E-state index in [2.05, 4.69) is 259 Å². The Balaban J connectivity index is 1.02. The minimum absolute atomic E-state index is 0.0789. The normalized spacial score (nSPS) is 15.8. The van der Waals surface area contributed by atoms with E-state index < -0.39 is 0 Å². The number of para-hydroxylation sites is 6. The van der Waals surface area contributed by atoms with Gasteiger partial charge in [0, 0.05) is 55.1 Å². The molecule has 0 aliphatic heterocycles. The van der Waals surface area contributed by atoms with Crippen LogP contribution in [0, 0.1) is 0 Å². The van der Waals surface area contributed by atoms with Gasteiger partial charge in [0.15, 0.2) is 11.2 Å². The van der Waals surface area contributed by atoms with Crippen molar-refractivity contribution >= 4 is 88.7 Å². The van der Waals surface area contributed by atoms with E-state index in [0.717, 1.165) is 90.0 Å². The van der Waals surface area contributed by atoms with Crippen molar-refractivity contribution in [2.75, 3.05) is 9.80 Å². The third-order valence-corrected chi connectivity index (χ3v) is 15.1. The maximum absolute atomic E-state index is 7.08. The summed E-state index contributed by atoms with van der Waals surface area (Å²) in [6, 6.07) is 59.3. The molecule has 10 aromatic rings. The quantitative estimate of drug-likeness (QED) is 0.166. The first kappa shape index (κ1) is 45.1. The highest BCUT2D eigenvalue weighted by Gasteiger charge is 2.38. The fourth-order valence-corrected chi connectivity index (χ4v) is 11.4. The van der Waals surface area contributed by atoms with Crippen molar-refractivity contribution in [3.05, 3.63) is 240 Å². The Morgan fingerprint density at radius 1 is 0.500 bits per heavy atom. The van der Waals surface area contributed by atoms with Crippen LogP contribution in [-0.4, -0.2) is 0 Å². The highest BCUT2D eigenvalue weighted by molar-refractivity contribution is 6.12. The molecule has 2 aliphatic rings. The molecule has 0 amide bonds. The Kier molecular flexibility index (Phi) is 10.5. The first-order valence-corrected chi connectivity index (χ1v) is 25.3. The van der Waals surface area contributed by atoms with Crippen LogP contribution < -0.4 is 9.80 Å². The van der Waals surface area contributed by atoms with Gasteiger partial charge in [-0.15, -0.1) is 0 Å². The second-order valence-corrected chi connectivity index (χ2v) is 22.2. The zero-order valence-corrected chi connectivity index (χ0v) is 42.6. The maximum Gasteiger partial charge on any atom is 0.159 e. The van der Waals surface area contributed by atoms with Gasteiger partial charge in [-0.25, -0.2) is 0 Å². The van der Waals surface area contributed by atoms with E-state index >= 15 is 0 Å². The van der Waals surface area contributed by atoms with Crippen LogP contribution in [0.25, 0.3) is 60.2 Å². The van der Waals surface area contributed by atoms with Crippen molar-refractivity contribution in [2.45, 2.75) is 78.1 Å². The van der Waals surface area contributed by atoms with E-state index in [1.165, 1.54) is 44.2 Å². The van der Waals surface area contributed by atoms with Crippen LogP contribution >= 0.6 is 0 Å². The van der Waals surface area contributed by atoms with E-state index in [4.69, 9.17) is 15.4 Å². The summed E-state index contributed by atoms with van der Waals surface area (Å²) in [5.41, 5.74) is 17.7. The van der Waals surface area contributed by atoms with Crippen LogP contribution in [0.4, 0.5) is 28.4 Å². The summed E-state index contributed by atoms with van der Waals surface area (Å²) in [5.74, 6) is 0. The molecular weight excluding hydrogens is 877 g/mol. The topological polar surface area (TPSA) is 32.8 Å². The molecule has 0 unspecified atom stereocenters. The molecule has 12 rings (SSSR count). The summed E-state index contributed by atoms with van der Waals surface area (Å²) < 4.78 is 14.1. The van der Waals surface area contributed by atoms with Gasteiger partial charge in [-0.05, 0) is 123 Å². The summed E-state index contributed by atoms with van der Waals surface area (Å²) in [6.07, 6.45) is 11.9. The van der Waals surface area contributed by atoms with Gasteiger partial charge in [-0.3, -0.25) is 0 Å². The lowest BCUT2D eigenvalue weighted by Gasteiger charge is -2.31. The number of hydrogen-bond acceptors (Lipinski definition) is 4. The van der Waals surface area contributed by atoms with Gasteiger partial charge >= 0.3 is 0 Å². The van der Waals surface area contributed by atoms with Crippen LogP contribution in [0.3, 0.4) is 0 Å². The molecule has 0 saturated heterocycles. The molecule has 4 nitrogen and oxygen atoms in total. The number of allylic oxidation sites excluding steroid dienone is 7. The summed E-state index contributed by atoms with van der Waals surface area (Å²) in [5, 5.41) is 6.83. The van der Waals surface area contributed by atoms with Crippen LogP contribution in [0.1, 0.15) is 84.1 Å². The molecule has 0 saturated carbocycles. The lowest BCUT2D eigenvalue weighted by molar-refractivity contribution is 0.572. The predicted molar refractivity (Wildman–Crippen MR) is 306 cm³/mol. The maximum atomic E-state index is 7.08. The van der Waals surface area contributed by atoms with Crippen LogP contribution in [0.15, 0.2) is 226 Å². The minimum atomic E-state index is -0.365. The van der Waals surface area contributed by atoms with Gasteiger partial charge in [0.05, 0.1) is 17.1 Å². The highest BCUT2D eigenvalue weighted by Crippen LogP contribution is 2.53. The second kappa shape index (κ2) is 16.8. The molecule has 2 aliphatic carbocycles. The second-order valence-electron chi connectivity index (χ2n) is 22.2. The summed E-state index contributed by atoms with van der Waals surface area (Å²) in [7, 11) is 0. The third kappa shape index (κ3) is 7.34. The number of nitrogens with zero attached hydrogens (tertiary/aromatic N) is 2. The lowest BCUT2D eigenvalue weighted by atomic mass is 9.79. The molecule has 4 heteroatoms. The Morgan fingerprint density at radius 2 is 1.03 bits per heavy atom. The number of fused-ring (bicyclic) bond motifs is 9. The minimum Gasteiger partial charge on any atom is -0.454 e. The van der Waals surface area contributed by atoms with Crippen molar-refractivity contribution in [3.8, 4) is 0 Å². The van der Waals surface area contributed by atoms with Gasteiger partial charge in [0.25, 0.3) is 0 Å². The smallest absolute Gasteiger partial charge is 0.159 e. The van der Waals surface area contributed by atoms with Crippen LogP contribution in [0.2, 0.25) is 0 Å². The summed E-state index contributed by atoms with van der Waals surface area (Å²) in [6.45, 7) is 23.1. The molecular formula is C68H60N2O2. The van der Waals surface area contributed by atoms with Crippen molar-refractivity contribution < 1.29 is 8.83 Å². The molecule has 0 spiro atoms. The zero-order valence-electron chi connectivity index (χ0n) is 42.6. The molecule has 2 aromatic heterocycles. The lowest BCUT2D eigenvalue weighted by Crippen LogP contribution is -2.21. The molecule has 2 heterocycles. The van der Waals surface area contributed by atoms with E-state index in [1.54, 1.807) is 0 Å². The van der Waals surface area contributed by atoms with Gasteiger partial charge in [0.1, 0.15) is 11.2 Å². The van der Waals surface area contributed by atoms with Gasteiger partial charge in [-0.1, -0.05) is 189 Å². The molecule has 72 heavy (non-hydrogen) atoms. The summed E-state index contributed by atoms with van der Waals surface area (Å²) >= 11 is 0. The zero-order chi connectivity index (χ0) is 49.7. The Labute approximate surface area is 423 Å². The number of rotatable bonds is 6. The average Bonchev–Trinajstić information content (AvgIpc) is 4.01. The Bertz CT molecular complexity index is 3950. The predicted octanol–water partition coefficient (Wildman–Crippen LogP) is 19.5. The highest BCUT2D eigenvalue weighted by atomic mass is 16.3. The fourth-order valence-electron chi connectivity index (χ4n) is 11.4. The standard InChI is InChI=1S/C68H60N2O2/c1-43-23-13-10-18-28-49-54-40-44-37-38-48(69(46-24-14-11-15-25-46)59-35-21-31-52-50-29-19-33-55(66(2,3)4)62(50)71-64(52)59)39-45(44)41-57(54)68(8,9)58(49)42-61(43)70(47-26-16-12-17-27-47)60-36-22-32-53-51-30-20-34-56(67(5,6)7)63(51)72-65(53)60/h10-27,29-42H,1,28H2,2-9H3/b18-10-,23-13-,61-42?. The molecule has 0 atom stereocenters. The van der Waals surface area contributed by atoms with E-state index in [9.17, 15) is 0 Å². The van der Waals surface area contributed by atoms with Gasteiger partial charge in [0.2, 0.25) is 0 Å². The molecule has 354 valence electrons.